The Labute approximate surface area is 172 Å². The van der Waals surface area contributed by atoms with Crippen LogP contribution in [-0.4, -0.2) is 43.6 Å². The normalized spacial score (nSPS) is 14.6. The summed E-state index contributed by atoms with van der Waals surface area (Å²) in [6.45, 7) is 2.14. The number of hydrogen-bond acceptors (Lipinski definition) is 5. The molecule has 0 aliphatic carbocycles. The van der Waals surface area contributed by atoms with Gasteiger partial charge in [0, 0.05) is 16.6 Å². The van der Waals surface area contributed by atoms with Gasteiger partial charge in [0.15, 0.2) is 6.10 Å². The molecule has 2 rings (SSSR count). The molecule has 0 radical (unpaired) electrons. The summed E-state index contributed by atoms with van der Waals surface area (Å²) in [5, 5.41) is 39.4. The van der Waals surface area contributed by atoms with Gasteiger partial charge in [0.05, 0.1) is 17.7 Å². The maximum atomic E-state index is 10.7. The van der Waals surface area contributed by atoms with Crippen molar-refractivity contribution >= 4 is 16.9 Å². The fraction of sp³-hybridized carbons (Fsp3) is 0.565. The molecule has 1 aromatic carbocycles. The summed E-state index contributed by atoms with van der Waals surface area (Å²) in [4.78, 5) is 15.5. The maximum Gasteiger partial charge on any atom is 0.335 e. The van der Waals surface area contributed by atoms with Gasteiger partial charge in [0.25, 0.3) is 0 Å². The molecule has 0 aliphatic rings. The van der Waals surface area contributed by atoms with Gasteiger partial charge in [-0.2, -0.15) is 0 Å². The molecule has 29 heavy (non-hydrogen) atoms. The summed E-state index contributed by atoms with van der Waals surface area (Å²) in [5.74, 6) is -1.40. The number of para-hydroxylation sites is 1. The van der Waals surface area contributed by atoms with Gasteiger partial charge in [-0.25, -0.2) is 4.79 Å². The number of aromatic nitrogens is 1. The van der Waals surface area contributed by atoms with Gasteiger partial charge in [0.2, 0.25) is 0 Å². The molecule has 3 atom stereocenters. The lowest BCUT2D eigenvalue weighted by atomic mass is 9.96. The van der Waals surface area contributed by atoms with Gasteiger partial charge in [-0.3, -0.25) is 4.98 Å². The second-order valence-corrected chi connectivity index (χ2v) is 7.68. The third-order valence-electron chi connectivity index (χ3n) is 5.31. The van der Waals surface area contributed by atoms with Gasteiger partial charge in [-0.05, 0) is 37.8 Å². The first-order chi connectivity index (χ1) is 13.9. The van der Waals surface area contributed by atoms with E-state index in [4.69, 9.17) is 10.1 Å². The van der Waals surface area contributed by atoms with Crippen molar-refractivity contribution in [2.24, 2.45) is 0 Å². The van der Waals surface area contributed by atoms with Crippen LogP contribution in [0.3, 0.4) is 0 Å². The van der Waals surface area contributed by atoms with E-state index in [0.29, 0.717) is 12.8 Å². The molecule has 6 nitrogen and oxygen atoms in total. The summed E-state index contributed by atoms with van der Waals surface area (Å²) in [6, 6.07) is 9.93. The van der Waals surface area contributed by atoms with E-state index in [1.807, 2.05) is 30.3 Å². The van der Waals surface area contributed by atoms with Crippen LogP contribution < -0.4 is 0 Å². The molecule has 160 valence electrons. The predicted molar refractivity (Wildman–Crippen MR) is 113 cm³/mol. The topological polar surface area (TPSA) is 111 Å². The average molecular weight is 404 g/mol. The van der Waals surface area contributed by atoms with Crippen molar-refractivity contribution in [3.8, 4) is 0 Å². The van der Waals surface area contributed by atoms with Gasteiger partial charge in [-0.15, -0.1) is 0 Å². The Bertz CT molecular complexity index is 779. The number of unbranched alkanes of at least 4 members (excludes halogenated alkanes) is 4. The van der Waals surface area contributed by atoms with E-state index in [1.54, 1.807) is 0 Å². The molecule has 6 heteroatoms. The zero-order valence-electron chi connectivity index (χ0n) is 17.1. The lowest BCUT2D eigenvalue weighted by molar-refractivity contribution is -0.153. The molecular weight excluding hydrogens is 370 g/mol. The van der Waals surface area contributed by atoms with Gasteiger partial charge >= 0.3 is 5.97 Å². The fourth-order valence-corrected chi connectivity index (χ4v) is 3.55. The summed E-state index contributed by atoms with van der Waals surface area (Å²) in [7, 11) is 0. The summed E-state index contributed by atoms with van der Waals surface area (Å²) in [5.41, 5.74) is 2.70. The van der Waals surface area contributed by atoms with Crippen LogP contribution in [0.2, 0.25) is 0 Å². The van der Waals surface area contributed by atoms with Crippen molar-refractivity contribution in [3.05, 3.63) is 41.6 Å². The zero-order valence-corrected chi connectivity index (χ0v) is 17.1. The quantitative estimate of drug-likeness (QED) is 0.379. The Hall–Kier alpha value is -2.02. The summed E-state index contributed by atoms with van der Waals surface area (Å²) >= 11 is 0. The number of hydrogen-bond donors (Lipinski definition) is 4. The Kier molecular flexibility index (Phi) is 9.51. The molecule has 0 bridgehead atoms. The van der Waals surface area contributed by atoms with Crippen LogP contribution >= 0.6 is 0 Å². The first-order valence-electron chi connectivity index (χ1n) is 10.6. The lowest BCUT2D eigenvalue weighted by Gasteiger charge is -2.17. The molecule has 2 aromatic rings. The molecule has 1 aromatic heterocycles. The molecule has 0 saturated heterocycles. The number of carboxylic acid groups (broad SMARTS) is 1. The van der Waals surface area contributed by atoms with Crippen LogP contribution in [0.5, 0.6) is 0 Å². The maximum absolute atomic E-state index is 10.7. The van der Waals surface area contributed by atoms with Crippen LogP contribution in [0.25, 0.3) is 10.9 Å². The van der Waals surface area contributed by atoms with Crippen molar-refractivity contribution in [1.82, 2.24) is 4.98 Å². The number of pyridine rings is 1. The van der Waals surface area contributed by atoms with Crippen molar-refractivity contribution < 1.29 is 25.2 Å². The highest BCUT2D eigenvalue weighted by Gasteiger charge is 2.22. The Morgan fingerprint density at radius 3 is 2.45 bits per heavy atom. The van der Waals surface area contributed by atoms with Crippen LogP contribution in [-0.2, 0) is 11.2 Å². The Morgan fingerprint density at radius 1 is 1.00 bits per heavy atom. The van der Waals surface area contributed by atoms with Crippen molar-refractivity contribution in [1.29, 1.82) is 0 Å². The second kappa shape index (κ2) is 11.9. The highest BCUT2D eigenvalue weighted by molar-refractivity contribution is 5.79. The zero-order chi connectivity index (χ0) is 21.2. The van der Waals surface area contributed by atoms with Crippen molar-refractivity contribution in [2.75, 3.05) is 0 Å². The van der Waals surface area contributed by atoms with E-state index >= 15 is 0 Å². The van der Waals surface area contributed by atoms with Crippen molar-refractivity contribution in [2.45, 2.75) is 83.0 Å². The SMILES string of the molecule is CCCCC[C@H](O)c1cc2ccccc2nc1CCCCCC(O)C(O)C(=O)O. The Morgan fingerprint density at radius 2 is 1.72 bits per heavy atom. The highest BCUT2D eigenvalue weighted by atomic mass is 16.4. The molecule has 1 heterocycles. The van der Waals surface area contributed by atoms with Gasteiger partial charge in [-0.1, -0.05) is 57.2 Å². The molecule has 0 amide bonds. The number of carbonyl (C=O) groups is 1. The third-order valence-corrected chi connectivity index (χ3v) is 5.31. The number of fused-ring (bicyclic) bond motifs is 1. The molecule has 0 saturated carbocycles. The van der Waals surface area contributed by atoms with E-state index in [0.717, 1.165) is 60.7 Å². The second-order valence-electron chi connectivity index (χ2n) is 7.68. The smallest absolute Gasteiger partial charge is 0.335 e. The van der Waals surface area contributed by atoms with Crippen LogP contribution in [0.1, 0.15) is 75.7 Å². The standard InChI is InChI=1S/C23H33NO5/c1-2-3-5-13-20(25)17-15-16-10-8-9-11-18(16)24-19(17)12-6-4-7-14-21(26)22(27)23(28)29/h8-11,15,20-22,25-27H,2-7,12-14H2,1H3,(H,28,29)/t20-,21?,22?/m0/s1. The number of carboxylic acids is 1. The van der Waals surface area contributed by atoms with Crippen molar-refractivity contribution in [3.63, 3.8) is 0 Å². The van der Waals surface area contributed by atoms with E-state index in [-0.39, 0.29) is 6.42 Å². The third kappa shape index (κ3) is 7.07. The molecular formula is C23H33NO5. The lowest BCUT2D eigenvalue weighted by Crippen LogP contribution is -2.33. The summed E-state index contributed by atoms with van der Waals surface area (Å²) < 4.78 is 0. The summed E-state index contributed by atoms with van der Waals surface area (Å²) in [6.07, 6.45) is 3.56. The van der Waals surface area contributed by atoms with Crippen LogP contribution in [0.15, 0.2) is 30.3 Å². The number of nitrogens with zero attached hydrogens (tertiary/aromatic N) is 1. The average Bonchev–Trinajstić information content (AvgIpc) is 2.72. The number of aryl methyl sites for hydroxylation is 1. The minimum atomic E-state index is -1.73. The molecule has 0 spiro atoms. The molecule has 0 fully saturated rings. The van der Waals surface area contributed by atoms with Gasteiger partial charge < -0.3 is 20.4 Å². The van der Waals surface area contributed by atoms with E-state index in [2.05, 4.69) is 6.92 Å². The highest BCUT2D eigenvalue weighted by Crippen LogP contribution is 2.27. The number of aliphatic hydroxyl groups excluding tert-OH is 3. The fourth-order valence-electron chi connectivity index (χ4n) is 3.55. The van der Waals surface area contributed by atoms with E-state index in [1.165, 1.54) is 0 Å². The van der Waals surface area contributed by atoms with E-state index < -0.39 is 24.3 Å². The minimum Gasteiger partial charge on any atom is -0.479 e. The molecule has 4 N–H and O–H groups in total. The van der Waals surface area contributed by atoms with Crippen LogP contribution in [0, 0.1) is 0 Å². The number of rotatable bonds is 13. The number of aliphatic carboxylic acids is 1. The van der Waals surface area contributed by atoms with Gasteiger partial charge in [0.1, 0.15) is 0 Å². The first kappa shape index (κ1) is 23.3. The monoisotopic (exact) mass is 403 g/mol. The first-order valence-corrected chi connectivity index (χ1v) is 10.6. The number of benzene rings is 1. The number of aliphatic hydroxyl groups is 3. The molecule has 2 unspecified atom stereocenters. The van der Waals surface area contributed by atoms with E-state index in [9.17, 15) is 20.1 Å². The Balaban J connectivity index is 1.98. The molecule has 0 aliphatic heterocycles. The van der Waals surface area contributed by atoms with Crippen LogP contribution in [0.4, 0.5) is 0 Å². The predicted octanol–water partition coefficient (Wildman–Crippen LogP) is 3.76. The largest absolute Gasteiger partial charge is 0.479 e. The minimum absolute atomic E-state index is 0.241.